The second kappa shape index (κ2) is 9.23. The number of aliphatic hydroxyl groups is 1. The Balaban J connectivity index is 1.25. The van der Waals surface area contributed by atoms with E-state index in [1.165, 1.54) is 45.9 Å². The highest BCUT2D eigenvalue weighted by Gasteiger charge is 2.82. The Kier molecular flexibility index (Phi) is 6.38. The topological polar surface area (TPSA) is 117 Å². The molecule has 9 nitrogen and oxygen atoms in total. The van der Waals surface area contributed by atoms with Crippen LogP contribution in [0.3, 0.4) is 0 Å². The van der Waals surface area contributed by atoms with Crippen molar-refractivity contribution in [2.45, 2.75) is 43.4 Å². The van der Waals surface area contributed by atoms with Gasteiger partial charge in [0, 0.05) is 31.3 Å². The molecule has 4 atom stereocenters. The van der Waals surface area contributed by atoms with Crippen LogP contribution in [0, 0.1) is 11.3 Å². The van der Waals surface area contributed by atoms with E-state index in [-0.39, 0.29) is 40.7 Å². The molecule has 2 aliphatic heterocycles. The van der Waals surface area contributed by atoms with Crippen LogP contribution >= 0.6 is 11.6 Å². The van der Waals surface area contributed by atoms with E-state index in [9.17, 15) is 31.5 Å². The highest BCUT2D eigenvalue weighted by Crippen LogP contribution is 2.71. The smallest absolute Gasteiger partial charge is 0.387 e. The fourth-order valence-corrected chi connectivity index (χ4v) is 8.18. The van der Waals surface area contributed by atoms with E-state index in [0.717, 1.165) is 6.92 Å². The molecule has 226 valence electrons. The van der Waals surface area contributed by atoms with Crippen LogP contribution in [-0.4, -0.2) is 76.3 Å². The van der Waals surface area contributed by atoms with Crippen molar-refractivity contribution >= 4 is 44.4 Å². The summed E-state index contributed by atoms with van der Waals surface area (Å²) >= 11 is 5.96. The van der Waals surface area contributed by atoms with Crippen molar-refractivity contribution in [3.63, 3.8) is 0 Å². The van der Waals surface area contributed by atoms with Crippen LogP contribution < -0.4 is 10.2 Å². The predicted molar refractivity (Wildman–Crippen MR) is 142 cm³/mol. The minimum absolute atomic E-state index is 0.0702. The number of hydrogen-bond acceptors (Lipinski definition) is 7. The zero-order chi connectivity index (χ0) is 30.5. The number of aromatic nitrogens is 3. The molecule has 3 aromatic rings. The summed E-state index contributed by atoms with van der Waals surface area (Å²) in [6.07, 6.45) is -3.57. The number of carbonyl (C=O) groups is 1. The van der Waals surface area contributed by atoms with Crippen molar-refractivity contribution in [2.75, 3.05) is 29.5 Å². The molecular weight excluding hydrogens is 609 g/mol. The van der Waals surface area contributed by atoms with Gasteiger partial charge in [-0.1, -0.05) is 23.7 Å². The molecule has 0 spiro atoms. The Bertz CT molecular complexity index is 1700. The first-order valence-corrected chi connectivity index (χ1v) is 15.2. The number of rotatable bonds is 5. The number of nitrogens with one attached hydrogen (secondary N) is 1. The number of benzene rings is 1. The van der Waals surface area contributed by atoms with Gasteiger partial charge in [0.2, 0.25) is 5.91 Å². The molecule has 0 radical (unpaired) electrons. The van der Waals surface area contributed by atoms with Gasteiger partial charge >= 0.3 is 6.18 Å². The van der Waals surface area contributed by atoms with Crippen LogP contribution in [0.5, 0.6) is 0 Å². The summed E-state index contributed by atoms with van der Waals surface area (Å²) < 4.78 is 96.6. The third kappa shape index (κ3) is 4.60. The van der Waals surface area contributed by atoms with E-state index in [2.05, 4.69) is 15.4 Å². The first-order chi connectivity index (χ1) is 19.5. The molecule has 2 N–H and O–H groups in total. The Morgan fingerprint density at radius 3 is 2.55 bits per heavy atom. The van der Waals surface area contributed by atoms with Gasteiger partial charge in [0.1, 0.15) is 5.41 Å². The van der Waals surface area contributed by atoms with Crippen LogP contribution in [0.15, 0.2) is 36.5 Å². The monoisotopic (exact) mass is 633 g/mol. The maximum absolute atomic E-state index is 15.1. The van der Waals surface area contributed by atoms with Crippen molar-refractivity contribution in [3.05, 3.63) is 52.9 Å². The van der Waals surface area contributed by atoms with E-state index in [0.29, 0.717) is 11.4 Å². The van der Waals surface area contributed by atoms with Gasteiger partial charge in [-0.15, -0.1) is 0 Å². The molecule has 4 heterocycles. The molecular formula is C26H25ClF5N5O4S. The SMILES string of the molecule is C[C@@]1(C(=O)NCC2(O)CCS(=O)(=O)C2)[C@@H](c2ccc(N3C[C@H](C(F)(F)F)Cc4c3cnc3cc(Cl)nn43)cc2)C1(F)F. The highest BCUT2D eigenvalue weighted by atomic mass is 35.5. The largest absolute Gasteiger partial charge is 0.393 e. The van der Waals surface area contributed by atoms with E-state index in [1.54, 1.807) is 0 Å². The van der Waals surface area contributed by atoms with Crippen molar-refractivity contribution in [1.29, 1.82) is 0 Å². The van der Waals surface area contributed by atoms with Gasteiger partial charge in [0.05, 0.1) is 46.5 Å². The van der Waals surface area contributed by atoms with Gasteiger partial charge < -0.3 is 15.3 Å². The van der Waals surface area contributed by atoms with Gasteiger partial charge in [-0.25, -0.2) is 26.7 Å². The van der Waals surface area contributed by atoms with Crippen LogP contribution in [-0.2, 0) is 21.1 Å². The third-order valence-electron chi connectivity index (χ3n) is 8.63. The van der Waals surface area contributed by atoms with E-state index in [4.69, 9.17) is 11.6 Å². The summed E-state index contributed by atoms with van der Waals surface area (Å²) in [6.45, 7) is 0.160. The second-order valence-corrected chi connectivity index (χ2v) is 14.1. The molecule has 1 saturated heterocycles. The van der Waals surface area contributed by atoms with Crippen molar-refractivity contribution in [1.82, 2.24) is 19.9 Å². The van der Waals surface area contributed by atoms with Gasteiger partial charge in [0.25, 0.3) is 5.92 Å². The van der Waals surface area contributed by atoms with Crippen molar-refractivity contribution in [3.8, 4) is 0 Å². The summed E-state index contributed by atoms with van der Waals surface area (Å²) in [7, 11) is -3.48. The summed E-state index contributed by atoms with van der Waals surface area (Å²) in [4.78, 5) is 18.5. The molecule has 2 aromatic heterocycles. The lowest BCUT2D eigenvalue weighted by molar-refractivity contribution is -0.172. The lowest BCUT2D eigenvalue weighted by atomic mass is 9.95. The molecule has 1 unspecified atom stereocenters. The maximum Gasteiger partial charge on any atom is 0.393 e. The summed E-state index contributed by atoms with van der Waals surface area (Å²) in [5.74, 6) is -8.61. The van der Waals surface area contributed by atoms with Gasteiger partial charge in [-0.05, 0) is 31.0 Å². The minimum Gasteiger partial charge on any atom is -0.387 e. The standard InChI is InChI=1S/C26H25ClF5N5O4S/c1-23(22(38)34-12-24(39)6-7-42(40,41)13-24)21(25(23,28)29)14-2-4-16(5-3-14)36-11-15(26(30,31)32)8-17-18(36)10-33-20-9-19(27)35-37(17)20/h2-5,9-10,15,21,39H,6-8,11-13H2,1H3,(H,34,38)/t15-,21-,23+,24?/m1/s1. The predicted octanol–water partition coefficient (Wildman–Crippen LogP) is 3.66. The van der Waals surface area contributed by atoms with E-state index < -0.39 is 69.5 Å². The number of fused-ring (bicyclic) bond motifs is 3. The molecule has 1 aromatic carbocycles. The average molecular weight is 634 g/mol. The zero-order valence-electron chi connectivity index (χ0n) is 22.0. The highest BCUT2D eigenvalue weighted by molar-refractivity contribution is 7.91. The lowest BCUT2D eigenvalue weighted by Crippen LogP contribution is -2.46. The van der Waals surface area contributed by atoms with E-state index in [1.807, 2.05) is 0 Å². The zero-order valence-corrected chi connectivity index (χ0v) is 23.6. The van der Waals surface area contributed by atoms with Gasteiger partial charge in [-0.2, -0.15) is 18.3 Å². The molecule has 0 bridgehead atoms. The number of anilines is 2. The number of amides is 1. The first-order valence-electron chi connectivity index (χ1n) is 13.0. The molecule has 1 aliphatic carbocycles. The Hall–Kier alpha value is -3.04. The van der Waals surface area contributed by atoms with Gasteiger partial charge in [-0.3, -0.25) is 4.79 Å². The average Bonchev–Trinajstić information content (AvgIpc) is 3.16. The molecule has 2 fully saturated rings. The number of alkyl halides is 5. The summed E-state index contributed by atoms with van der Waals surface area (Å²) in [5, 5.41) is 16.9. The number of sulfone groups is 1. The molecule has 42 heavy (non-hydrogen) atoms. The molecule has 1 amide bonds. The summed E-state index contributed by atoms with van der Waals surface area (Å²) in [6, 6.07) is 6.94. The third-order valence-corrected chi connectivity index (χ3v) is 10.6. The maximum atomic E-state index is 15.1. The molecule has 6 rings (SSSR count). The second-order valence-electron chi connectivity index (χ2n) is 11.5. The quantitative estimate of drug-likeness (QED) is 0.412. The van der Waals surface area contributed by atoms with Crippen LogP contribution in [0.25, 0.3) is 5.65 Å². The number of halogens is 6. The molecule has 3 aliphatic rings. The Morgan fingerprint density at radius 2 is 1.93 bits per heavy atom. The van der Waals surface area contributed by atoms with Crippen molar-refractivity contribution in [2.24, 2.45) is 11.3 Å². The summed E-state index contributed by atoms with van der Waals surface area (Å²) in [5.41, 5.74) is -2.60. The van der Waals surface area contributed by atoms with Gasteiger partial charge in [0.15, 0.2) is 20.6 Å². The Morgan fingerprint density at radius 1 is 1.24 bits per heavy atom. The minimum atomic E-state index is -4.52. The number of nitrogens with zero attached hydrogens (tertiary/aromatic N) is 4. The fraction of sp³-hybridized carbons (Fsp3) is 0.500. The first kappa shape index (κ1) is 29.1. The molecule has 16 heteroatoms. The molecule has 1 saturated carbocycles. The number of carbonyl (C=O) groups excluding carboxylic acids is 1. The Labute approximate surface area is 241 Å². The fourth-order valence-electron chi connectivity index (χ4n) is 6.11. The number of hydrogen-bond donors (Lipinski definition) is 2. The van der Waals surface area contributed by atoms with Crippen LogP contribution in [0.2, 0.25) is 5.15 Å². The normalized spacial score (nSPS) is 29.9. The van der Waals surface area contributed by atoms with Crippen molar-refractivity contribution < 1.29 is 40.3 Å². The van der Waals surface area contributed by atoms with E-state index >= 15 is 8.78 Å². The van der Waals surface area contributed by atoms with Crippen LogP contribution in [0.1, 0.15) is 30.5 Å². The van der Waals surface area contributed by atoms with Crippen LogP contribution in [0.4, 0.5) is 33.3 Å². The lowest BCUT2D eigenvalue weighted by Gasteiger charge is -2.36.